The Morgan fingerprint density at radius 1 is 0.604 bits per heavy atom. The molecule has 0 saturated carbocycles. The van der Waals surface area contributed by atoms with E-state index in [1.54, 1.807) is 13.0 Å². The lowest BCUT2D eigenvalue weighted by Crippen LogP contribution is -2.03. The van der Waals surface area contributed by atoms with Crippen molar-refractivity contribution in [1.29, 1.82) is 0 Å². The SMILES string of the molecule is Cc1cc(S(=O)(=O)O)c2cc(N=Nc3ccc(N=Nc4ccc(Nc5ncnc(F)c5F)cc4C)c4ccc(S(=O)(=O)O)cc34)cc(S(=O)(=O)O)c2c1. The molecule has 5 aromatic carbocycles. The summed E-state index contributed by atoms with van der Waals surface area (Å²) in [6.45, 7) is 3.13. The van der Waals surface area contributed by atoms with E-state index < -0.39 is 56.8 Å². The number of halogens is 2. The molecule has 53 heavy (non-hydrogen) atoms. The van der Waals surface area contributed by atoms with Crippen LogP contribution in [0.4, 0.5) is 43.0 Å². The minimum Gasteiger partial charge on any atom is -0.338 e. The van der Waals surface area contributed by atoms with Crippen molar-refractivity contribution in [2.75, 3.05) is 5.32 Å². The maximum atomic E-state index is 14.0. The summed E-state index contributed by atoms with van der Waals surface area (Å²) >= 11 is 0. The van der Waals surface area contributed by atoms with Gasteiger partial charge in [0.15, 0.2) is 5.82 Å². The second kappa shape index (κ2) is 13.7. The molecule has 21 heteroatoms. The first-order valence-electron chi connectivity index (χ1n) is 14.7. The van der Waals surface area contributed by atoms with Crippen LogP contribution < -0.4 is 5.32 Å². The van der Waals surface area contributed by atoms with Gasteiger partial charge in [-0.2, -0.15) is 44.3 Å². The molecule has 0 aliphatic heterocycles. The molecule has 0 unspecified atom stereocenters. The maximum Gasteiger partial charge on any atom is 0.295 e. The van der Waals surface area contributed by atoms with Crippen LogP contribution in [0.1, 0.15) is 11.1 Å². The highest BCUT2D eigenvalue weighted by molar-refractivity contribution is 7.86. The van der Waals surface area contributed by atoms with Gasteiger partial charge in [0.05, 0.1) is 27.6 Å². The molecule has 16 nitrogen and oxygen atoms in total. The second-order valence-electron chi connectivity index (χ2n) is 11.4. The monoisotopic (exact) mass is 783 g/mol. The lowest BCUT2D eigenvalue weighted by Gasteiger charge is -2.10. The van der Waals surface area contributed by atoms with Crippen molar-refractivity contribution < 1.29 is 47.7 Å². The Balaban J connectivity index is 1.42. The highest BCUT2D eigenvalue weighted by atomic mass is 32.2. The largest absolute Gasteiger partial charge is 0.338 e. The van der Waals surface area contributed by atoms with E-state index in [4.69, 9.17) is 0 Å². The molecule has 0 fully saturated rings. The normalized spacial score (nSPS) is 12.7. The van der Waals surface area contributed by atoms with Gasteiger partial charge < -0.3 is 5.32 Å². The summed E-state index contributed by atoms with van der Waals surface area (Å²) in [6.07, 6.45) is 0.859. The van der Waals surface area contributed by atoms with Crippen LogP contribution >= 0.6 is 0 Å². The quantitative estimate of drug-likeness (QED) is 0.0618. The fraction of sp³-hybridized carbons (Fsp3) is 0.0625. The van der Waals surface area contributed by atoms with E-state index in [9.17, 15) is 47.7 Å². The third-order valence-electron chi connectivity index (χ3n) is 7.66. The third-order valence-corrected chi connectivity index (χ3v) is 10.3. The van der Waals surface area contributed by atoms with Gasteiger partial charge >= 0.3 is 0 Å². The Morgan fingerprint density at radius 3 is 1.87 bits per heavy atom. The first kappa shape index (κ1) is 37.1. The van der Waals surface area contributed by atoms with Crippen LogP contribution in [0.15, 0.2) is 114 Å². The molecule has 0 aliphatic carbocycles. The summed E-state index contributed by atoms with van der Waals surface area (Å²) in [7, 11) is -14.6. The summed E-state index contributed by atoms with van der Waals surface area (Å²) in [5.41, 5.74) is 1.45. The van der Waals surface area contributed by atoms with Crippen molar-refractivity contribution in [3.8, 4) is 0 Å². The summed E-state index contributed by atoms with van der Waals surface area (Å²) in [4.78, 5) is 4.94. The van der Waals surface area contributed by atoms with Crippen molar-refractivity contribution in [2.45, 2.75) is 28.5 Å². The van der Waals surface area contributed by atoms with Crippen LogP contribution in [0, 0.1) is 25.6 Å². The molecular weight excluding hydrogens is 761 g/mol. The fourth-order valence-corrected chi connectivity index (χ4v) is 7.28. The van der Waals surface area contributed by atoms with Gasteiger partial charge in [0.25, 0.3) is 36.3 Å². The summed E-state index contributed by atoms with van der Waals surface area (Å²) in [5.74, 6) is -2.96. The zero-order valence-electron chi connectivity index (χ0n) is 27.0. The molecule has 0 atom stereocenters. The molecule has 272 valence electrons. The number of nitrogens with one attached hydrogen (secondary N) is 1. The molecule has 1 heterocycles. The predicted octanol–water partition coefficient (Wildman–Crippen LogP) is 7.99. The average molecular weight is 784 g/mol. The topological polar surface area (TPSA) is 250 Å². The summed E-state index contributed by atoms with van der Waals surface area (Å²) in [5, 5.41) is 19.2. The van der Waals surface area contributed by atoms with Crippen LogP contribution in [-0.4, -0.2) is 48.9 Å². The fourth-order valence-electron chi connectivity index (χ4n) is 5.27. The Hall–Kier alpha value is -5.71. The molecule has 6 rings (SSSR count). The third kappa shape index (κ3) is 7.89. The number of hydrogen-bond acceptors (Lipinski definition) is 13. The minimum atomic E-state index is -4.96. The van der Waals surface area contributed by atoms with Crippen molar-refractivity contribution in [3.05, 3.63) is 102 Å². The lowest BCUT2D eigenvalue weighted by molar-refractivity contribution is 0.476. The smallest absolute Gasteiger partial charge is 0.295 e. The number of anilines is 2. The van der Waals surface area contributed by atoms with Gasteiger partial charge in [-0.1, -0.05) is 6.07 Å². The molecule has 6 aromatic rings. The van der Waals surface area contributed by atoms with Crippen LogP contribution in [0.5, 0.6) is 0 Å². The number of hydrogen-bond donors (Lipinski definition) is 4. The zero-order valence-corrected chi connectivity index (χ0v) is 29.4. The van der Waals surface area contributed by atoms with Crippen molar-refractivity contribution in [3.63, 3.8) is 0 Å². The number of azo groups is 2. The van der Waals surface area contributed by atoms with Crippen LogP contribution in [0.3, 0.4) is 0 Å². The van der Waals surface area contributed by atoms with Crippen molar-refractivity contribution >= 4 is 86.2 Å². The maximum absolute atomic E-state index is 14.0. The van der Waals surface area contributed by atoms with Crippen molar-refractivity contribution in [2.24, 2.45) is 20.5 Å². The number of fused-ring (bicyclic) bond motifs is 2. The molecule has 0 bridgehead atoms. The van der Waals surface area contributed by atoms with Crippen molar-refractivity contribution in [1.82, 2.24) is 9.97 Å². The molecule has 0 aliphatic rings. The molecule has 0 saturated heterocycles. The number of benzene rings is 5. The van der Waals surface area contributed by atoms with Gasteiger partial charge in [-0.05, 0) is 91.7 Å². The van der Waals surface area contributed by atoms with E-state index in [2.05, 4.69) is 35.7 Å². The van der Waals surface area contributed by atoms with E-state index in [1.807, 2.05) is 0 Å². The van der Waals surface area contributed by atoms with Gasteiger partial charge in [-0.3, -0.25) is 13.7 Å². The highest BCUT2D eigenvalue weighted by Gasteiger charge is 2.22. The molecule has 0 radical (unpaired) electrons. The van der Waals surface area contributed by atoms with E-state index in [0.29, 0.717) is 16.9 Å². The average Bonchev–Trinajstić information content (AvgIpc) is 3.07. The molecule has 1 aromatic heterocycles. The minimum absolute atomic E-state index is 0.0168. The zero-order chi connectivity index (χ0) is 38.5. The first-order valence-corrected chi connectivity index (χ1v) is 19.1. The predicted molar refractivity (Wildman–Crippen MR) is 187 cm³/mol. The van der Waals surface area contributed by atoms with Gasteiger partial charge in [-0.15, -0.1) is 10.2 Å². The standard InChI is InChI=1S/C32H23F2N7O9S3/c1-16-9-23-24(28(10-16)52(45,46)47)12-19(13-29(23)53(48,49)50)38-40-27-8-7-26(21-5-4-20(14-22(21)27)51(42,43)44)41-39-25-6-3-18(11-17(25)2)37-32-30(33)31(34)35-15-36-32/h3-15H,1-2H3,(H,35,36,37)(H,42,43,44)(H,45,46,47)(H,48,49,50). The number of rotatable bonds is 9. The van der Waals surface area contributed by atoms with E-state index in [-0.39, 0.29) is 50.0 Å². The van der Waals surface area contributed by atoms with E-state index in [0.717, 1.165) is 36.7 Å². The number of nitrogens with zero attached hydrogens (tertiary/aromatic N) is 6. The van der Waals surface area contributed by atoms with Crippen LogP contribution in [0.2, 0.25) is 0 Å². The Morgan fingerprint density at radius 2 is 1.21 bits per heavy atom. The first-order chi connectivity index (χ1) is 24.8. The molecule has 4 N–H and O–H groups in total. The van der Waals surface area contributed by atoms with Gasteiger partial charge in [0.1, 0.15) is 16.1 Å². The summed E-state index contributed by atoms with van der Waals surface area (Å²) < 4.78 is 130. The highest BCUT2D eigenvalue weighted by Crippen LogP contribution is 2.39. The molecule has 0 amide bonds. The summed E-state index contributed by atoms with van der Waals surface area (Å²) in [6, 6.07) is 15.4. The van der Waals surface area contributed by atoms with Gasteiger partial charge in [0.2, 0.25) is 5.82 Å². The van der Waals surface area contributed by atoms with E-state index >= 15 is 0 Å². The van der Waals surface area contributed by atoms with Crippen LogP contribution in [-0.2, 0) is 30.4 Å². The molecular formula is C32H23F2N7O9S3. The Kier molecular flexibility index (Phi) is 9.57. The second-order valence-corrected chi connectivity index (χ2v) is 15.6. The molecule has 0 spiro atoms. The van der Waals surface area contributed by atoms with E-state index in [1.165, 1.54) is 43.3 Å². The number of aromatic nitrogens is 2. The number of aryl methyl sites for hydroxylation is 2. The lowest BCUT2D eigenvalue weighted by atomic mass is 10.1. The van der Waals surface area contributed by atoms with Gasteiger partial charge in [-0.25, -0.2) is 9.97 Å². The Labute approximate surface area is 299 Å². The van der Waals surface area contributed by atoms with Crippen LogP contribution in [0.25, 0.3) is 21.5 Å². The van der Waals surface area contributed by atoms with Gasteiger partial charge in [0, 0.05) is 27.2 Å². The Bertz CT molecular complexity index is 2910.